The fourth-order valence-electron chi connectivity index (χ4n) is 3.26. The van der Waals surface area contributed by atoms with Crippen molar-refractivity contribution in [2.45, 2.75) is 31.9 Å². The minimum absolute atomic E-state index is 0.0192. The average molecular weight is 318 g/mol. The summed E-state index contributed by atoms with van der Waals surface area (Å²) in [4.78, 5) is 14.4. The predicted molar refractivity (Wildman–Crippen MR) is 88.4 cm³/mol. The van der Waals surface area contributed by atoms with Gasteiger partial charge in [0.25, 0.3) is 0 Å². The summed E-state index contributed by atoms with van der Waals surface area (Å²) < 4.78 is 11.2. The Morgan fingerprint density at radius 3 is 2.91 bits per heavy atom. The van der Waals surface area contributed by atoms with E-state index in [0.717, 1.165) is 26.1 Å². The van der Waals surface area contributed by atoms with E-state index in [1.165, 1.54) is 5.56 Å². The molecule has 2 amide bonds. The van der Waals surface area contributed by atoms with Gasteiger partial charge >= 0.3 is 6.03 Å². The van der Waals surface area contributed by atoms with Crippen LogP contribution in [0.25, 0.3) is 0 Å². The second-order valence-electron chi connectivity index (χ2n) is 6.49. The molecule has 0 unspecified atom stereocenters. The lowest BCUT2D eigenvalue weighted by atomic mass is 10.0. The molecule has 1 aromatic carbocycles. The van der Waals surface area contributed by atoms with Crippen LogP contribution in [0.15, 0.2) is 30.3 Å². The van der Waals surface area contributed by atoms with E-state index in [0.29, 0.717) is 25.6 Å². The first-order valence-corrected chi connectivity index (χ1v) is 8.51. The number of nitrogens with zero attached hydrogens (tertiary/aromatic N) is 1. The molecule has 1 aromatic rings. The number of morpholine rings is 1. The fourth-order valence-corrected chi connectivity index (χ4v) is 3.26. The van der Waals surface area contributed by atoms with E-state index in [1.54, 1.807) is 0 Å². The van der Waals surface area contributed by atoms with Gasteiger partial charge in [0.2, 0.25) is 0 Å². The lowest BCUT2D eigenvalue weighted by Crippen LogP contribution is -2.52. The molecule has 5 nitrogen and oxygen atoms in total. The van der Waals surface area contributed by atoms with Crippen molar-refractivity contribution < 1.29 is 14.3 Å². The molecule has 2 fully saturated rings. The van der Waals surface area contributed by atoms with Crippen molar-refractivity contribution in [3.63, 3.8) is 0 Å². The number of rotatable bonds is 4. The Hall–Kier alpha value is -1.59. The Morgan fingerprint density at radius 2 is 2.17 bits per heavy atom. The Labute approximate surface area is 137 Å². The maximum Gasteiger partial charge on any atom is 0.317 e. The molecule has 1 N–H and O–H groups in total. The molecule has 0 saturated carbocycles. The van der Waals surface area contributed by atoms with Crippen molar-refractivity contribution in [3.05, 3.63) is 35.9 Å². The van der Waals surface area contributed by atoms with Crippen LogP contribution in [0, 0.1) is 5.92 Å². The van der Waals surface area contributed by atoms with E-state index in [9.17, 15) is 4.79 Å². The Balaban J connectivity index is 1.50. The second kappa shape index (κ2) is 7.79. The molecule has 3 atom stereocenters. The number of benzene rings is 1. The highest BCUT2D eigenvalue weighted by atomic mass is 16.5. The number of urea groups is 1. The molecule has 126 valence electrons. The molecule has 2 aliphatic rings. The highest BCUT2D eigenvalue weighted by Crippen LogP contribution is 2.17. The first-order valence-electron chi connectivity index (χ1n) is 8.51. The lowest BCUT2D eigenvalue weighted by molar-refractivity contribution is -0.0138. The summed E-state index contributed by atoms with van der Waals surface area (Å²) in [5, 5.41) is 3.13. The van der Waals surface area contributed by atoms with Crippen LogP contribution < -0.4 is 5.32 Å². The maximum atomic E-state index is 12.5. The number of ether oxygens (including phenoxy) is 2. The molecule has 0 aliphatic carbocycles. The van der Waals surface area contributed by atoms with E-state index >= 15 is 0 Å². The Bertz CT molecular complexity index is 502. The molecule has 0 bridgehead atoms. The van der Waals surface area contributed by atoms with E-state index in [1.807, 2.05) is 23.1 Å². The zero-order valence-electron chi connectivity index (χ0n) is 13.7. The molecular weight excluding hydrogens is 292 g/mol. The van der Waals surface area contributed by atoms with Gasteiger partial charge in [-0.25, -0.2) is 4.79 Å². The summed E-state index contributed by atoms with van der Waals surface area (Å²) >= 11 is 0. The van der Waals surface area contributed by atoms with Crippen LogP contribution in [-0.4, -0.2) is 56.0 Å². The van der Waals surface area contributed by atoms with Gasteiger partial charge in [-0.05, 0) is 18.9 Å². The molecule has 23 heavy (non-hydrogen) atoms. The van der Waals surface area contributed by atoms with Gasteiger partial charge in [0.1, 0.15) is 0 Å². The van der Waals surface area contributed by atoms with Crippen molar-refractivity contribution in [2.24, 2.45) is 5.92 Å². The summed E-state index contributed by atoms with van der Waals surface area (Å²) in [6.07, 6.45) is 1.94. The first-order chi connectivity index (χ1) is 11.2. The highest BCUT2D eigenvalue weighted by Gasteiger charge is 2.28. The van der Waals surface area contributed by atoms with Gasteiger partial charge in [-0.15, -0.1) is 0 Å². The number of carbonyl (C=O) groups is 1. The summed E-state index contributed by atoms with van der Waals surface area (Å²) in [6.45, 7) is 5.54. The molecule has 0 aromatic heterocycles. The van der Waals surface area contributed by atoms with E-state index in [-0.39, 0.29) is 18.2 Å². The quantitative estimate of drug-likeness (QED) is 0.924. The third-order valence-electron chi connectivity index (χ3n) is 4.76. The van der Waals surface area contributed by atoms with Crippen molar-refractivity contribution in [1.29, 1.82) is 0 Å². The van der Waals surface area contributed by atoms with Gasteiger partial charge in [-0.2, -0.15) is 0 Å². The molecule has 2 saturated heterocycles. The minimum Gasteiger partial charge on any atom is -0.381 e. The minimum atomic E-state index is 0.0192. The van der Waals surface area contributed by atoms with E-state index in [4.69, 9.17) is 9.47 Å². The van der Waals surface area contributed by atoms with Crippen LogP contribution >= 0.6 is 0 Å². The summed E-state index contributed by atoms with van der Waals surface area (Å²) in [7, 11) is 0. The van der Waals surface area contributed by atoms with E-state index in [2.05, 4.69) is 24.4 Å². The van der Waals surface area contributed by atoms with Gasteiger partial charge in [0.15, 0.2) is 0 Å². The van der Waals surface area contributed by atoms with E-state index < -0.39 is 0 Å². The summed E-state index contributed by atoms with van der Waals surface area (Å²) in [5.41, 5.74) is 1.25. The average Bonchev–Trinajstić information content (AvgIpc) is 3.10. The van der Waals surface area contributed by atoms with Crippen LogP contribution in [0.2, 0.25) is 0 Å². The van der Waals surface area contributed by atoms with Gasteiger partial charge in [0, 0.05) is 38.1 Å². The van der Waals surface area contributed by atoms with Crippen LogP contribution in [-0.2, 0) is 15.9 Å². The number of amides is 2. The Morgan fingerprint density at radius 1 is 1.35 bits per heavy atom. The molecule has 3 rings (SSSR count). The zero-order valence-corrected chi connectivity index (χ0v) is 13.7. The summed E-state index contributed by atoms with van der Waals surface area (Å²) in [6, 6.07) is 10.5. The van der Waals surface area contributed by atoms with Gasteiger partial charge in [0.05, 0.1) is 19.3 Å². The first kappa shape index (κ1) is 16.3. The third-order valence-corrected chi connectivity index (χ3v) is 4.76. The number of hydrogen-bond acceptors (Lipinski definition) is 3. The topological polar surface area (TPSA) is 50.8 Å². The third kappa shape index (κ3) is 4.45. The molecule has 0 spiro atoms. The number of hydrogen-bond donors (Lipinski definition) is 1. The molecule has 2 heterocycles. The standard InChI is InChI=1S/C18H26N2O3/c1-14(16-7-9-22-13-16)19-18(21)20-8-10-23-17(12-20)11-15-5-3-2-4-6-15/h2-6,14,16-17H,7-13H2,1H3,(H,19,21)/t14-,16-,17+/m0/s1. The van der Waals surface area contributed by atoms with Crippen LogP contribution in [0.3, 0.4) is 0 Å². The smallest absolute Gasteiger partial charge is 0.317 e. The highest BCUT2D eigenvalue weighted by molar-refractivity contribution is 5.74. The predicted octanol–water partition coefficient (Wildman–Crippen LogP) is 2.06. The molecule has 0 radical (unpaired) electrons. The normalized spacial score (nSPS) is 26.0. The van der Waals surface area contributed by atoms with Crippen molar-refractivity contribution in [2.75, 3.05) is 32.9 Å². The largest absolute Gasteiger partial charge is 0.381 e. The van der Waals surface area contributed by atoms with Gasteiger partial charge < -0.3 is 19.7 Å². The molecule has 2 aliphatic heterocycles. The molecular formula is C18H26N2O3. The number of nitrogens with one attached hydrogen (secondary N) is 1. The SMILES string of the molecule is C[C@H](NC(=O)N1CCO[C@H](Cc2ccccc2)C1)[C@H]1CCOC1. The van der Waals surface area contributed by atoms with Crippen molar-refractivity contribution >= 4 is 6.03 Å². The second-order valence-corrected chi connectivity index (χ2v) is 6.49. The molecule has 5 heteroatoms. The summed E-state index contributed by atoms with van der Waals surface area (Å²) in [5.74, 6) is 0.431. The van der Waals surface area contributed by atoms with Crippen LogP contribution in [0.4, 0.5) is 4.79 Å². The van der Waals surface area contributed by atoms with Crippen LogP contribution in [0.1, 0.15) is 18.9 Å². The Kier molecular flexibility index (Phi) is 5.51. The maximum absolute atomic E-state index is 12.5. The fraction of sp³-hybridized carbons (Fsp3) is 0.611. The number of carbonyl (C=O) groups excluding carboxylic acids is 1. The zero-order chi connectivity index (χ0) is 16.1. The van der Waals surface area contributed by atoms with Gasteiger partial charge in [-0.3, -0.25) is 0 Å². The monoisotopic (exact) mass is 318 g/mol. The van der Waals surface area contributed by atoms with Gasteiger partial charge in [-0.1, -0.05) is 30.3 Å². The van der Waals surface area contributed by atoms with Crippen molar-refractivity contribution in [1.82, 2.24) is 10.2 Å². The van der Waals surface area contributed by atoms with Crippen molar-refractivity contribution in [3.8, 4) is 0 Å². The van der Waals surface area contributed by atoms with Crippen LogP contribution in [0.5, 0.6) is 0 Å². The lowest BCUT2D eigenvalue weighted by Gasteiger charge is -2.34.